The summed E-state index contributed by atoms with van der Waals surface area (Å²) in [5.41, 5.74) is 3.17. The first-order chi connectivity index (χ1) is 8.70. The van der Waals surface area contributed by atoms with Crippen LogP contribution in [0.25, 0.3) is 0 Å². The van der Waals surface area contributed by atoms with Gasteiger partial charge >= 0.3 is 0 Å². The molecule has 0 fully saturated rings. The van der Waals surface area contributed by atoms with Gasteiger partial charge in [0.25, 0.3) is 0 Å². The molecule has 18 heavy (non-hydrogen) atoms. The number of hydrogen-bond acceptors (Lipinski definition) is 3. The maximum atomic E-state index is 8.88. The van der Waals surface area contributed by atoms with E-state index in [2.05, 4.69) is 30.1 Å². The lowest BCUT2D eigenvalue weighted by Gasteiger charge is -2.19. The molecule has 0 amide bonds. The molecule has 0 radical (unpaired) electrons. The van der Waals surface area contributed by atoms with E-state index in [0.29, 0.717) is 5.56 Å². The van der Waals surface area contributed by atoms with Crippen molar-refractivity contribution in [3.63, 3.8) is 0 Å². The second-order valence-electron chi connectivity index (χ2n) is 4.30. The zero-order valence-electron chi connectivity index (χ0n) is 10.6. The predicted molar refractivity (Wildman–Crippen MR) is 72.2 cm³/mol. The normalized spacial score (nSPS) is 9.83. The zero-order chi connectivity index (χ0) is 13.0. The van der Waals surface area contributed by atoms with E-state index in [1.807, 2.05) is 24.1 Å². The molecule has 1 heterocycles. The average molecular weight is 237 g/mol. The van der Waals surface area contributed by atoms with Crippen molar-refractivity contribution in [2.75, 3.05) is 11.9 Å². The molecule has 3 nitrogen and oxygen atoms in total. The van der Waals surface area contributed by atoms with Crippen molar-refractivity contribution < 1.29 is 0 Å². The van der Waals surface area contributed by atoms with Crippen LogP contribution in [0.3, 0.4) is 0 Å². The van der Waals surface area contributed by atoms with E-state index < -0.39 is 0 Å². The van der Waals surface area contributed by atoms with Crippen molar-refractivity contribution in [1.82, 2.24) is 4.98 Å². The van der Waals surface area contributed by atoms with E-state index in [1.165, 1.54) is 11.1 Å². The van der Waals surface area contributed by atoms with Gasteiger partial charge in [-0.25, -0.2) is 4.98 Å². The van der Waals surface area contributed by atoms with Crippen molar-refractivity contribution in [1.29, 1.82) is 5.26 Å². The highest BCUT2D eigenvalue weighted by atomic mass is 15.2. The molecule has 3 heteroatoms. The lowest BCUT2D eigenvalue weighted by atomic mass is 10.1. The van der Waals surface area contributed by atoms with E-state index in [1.54, 1.807) is 18.3 Å². The highest BCUT2D eigenvalue weighted by Crippen LogP contribution is 2.15. The lowest BCUT2D eigenvalue weighted by Crippen LogP contribution is -2.18. The number of aryl methyl sites for hydroxylation is 1. The molecule has 1 aromatic heterocycles. The van der Waals surface area contributed by atoms with E-state index in [9.17, 15) is 0 Å². The number of aromatic nitrogens is 1. The Morgan fingerprint density at radius 2 is 2.06 bits per heavy atom. The molecule has 1 aromatic carbocycles. The van der Waals surface area contributed by atoms with Crippen LogP contribution in [-0.2, 0) is 6.54 Å². The van der Waals surface area contributed by atoms with E-state index >= 15 is 0 Å². The third kappa shape index (κ3) is 2.67. The Bertz CT molecular complexity index is 584. The molecule has 0 atom stereocenters. The fourth-order valence-electron chi connectivity index (χ4n) is 1.82. The van der Waals surface area contributed by atoms with Crippen LogP contribution in [0.1, 0.15) is 16.7 Å². The minimum atomic E-state index is 0.636. The van der Waals surface area contributed by atoms with Gasteiger partial charge in [0.1, 0.15) is 5.82 Å². The molecule has 0 N–H and O–H groups in total. The second kappa shape index (κ2) is 5.33. The van der Waals surface area contributed by atoms with E-state index in [0.717, 1.165) is 12.4 Å². The van der Waals surface area contributed by atoms with Gasteiger partial charge in [-0.05, 0) is 30.2 Å². The first kappa shape index (κ1) is 12.1. The number of anilines is 1. The molecule has 0 aliphatic heterocycles. The van der Waals surface area contributed by atoms with Crippen molar-refractivity contribution in [2.45, 2.75) is 13.5 Å². The number of nitriles is 1. The quantitative estimate of drug-likeness (QED) is 0.824. The van der Waals surface area contributed by atoms with Crippen LogP contribution in [0, 0.1) is 18.3 Å². The maximum Gasteiger partial charge on any atom is 0.129 e. The molecule has 0 unspecified atom stereocenters. The summed E-state index contributed by atoms with van der Waals surface area (Å²) in [7, 11) is 1.98. The van der Waals surface area contributed by atoms with Crippen LogP contribution < -0.4 is 4.90 Å². The summed E-state index contributed by atoms with van der Waals surface area (Å²) in [5.74, 6) is 0.817. The fourth-order valence-corrected chi connectivity index (χ4v) is 1.82. The highest BCUT2D eigenvalue weighted by Gasteiger charge is 2.05. The Labute approximate surface area is 107 Å². The van der Waals surface area contributed by atoms with Crippen molar-refractivity contribution in [3.8, 4) is 6.07 Å². The summed E-state index contributed by atoms with van der Waals surface area (Å²) in [6, 6.07) is 13.9. The van der Waals surface area contributed by atoms with Crippen molar-refractivity contribution in [2.24, 2.45) is 0 Å². The molecular formula is C15H15N3. The zero-order valence-corrected chi connectivity index (χ0v) is 10.6. The first-order valence-corrected chi connectivity index (χ1v) is 5.82. The second-order valence-corrected chi connectivity index (χ2v) is 4.30. The third-order valence-electron chi connectivity index (χ3n) is 2.93. The topological polar surface area (TPSA) is 39.9 Å². The van der Waals surface area contributed by atoms with Crippen LogP contribution in [-0.4, -0.2) is 12.0 Å². The number of rotatable bonds is 3. The van der Waals surface area contributed by atoms with Gasteiger partial charge in [-0.1, -0.05) is 24.3 Å². The molecule has 90 valence electrons. The lowest BCUT2D eigenvalue weighted by molar-refractivity contribution is 0.890. The molecule has 0 aliphatic rings. The Hall–Kier alpha value is -2.34. The van der Waals surface area contributed by atoms with Gasteiger partial charge in [0.05, 0.1) is 11.6 Å². The van der Waals surface area contributed by atoms with Gasteiger partial charge in [0, 0.05) is 19.8 Å². The van der Waals surface area contributed by atoms with Crippen LogP contribution >= 0.6 is 0 Å². The summed E-state index contributed by atoms with van der Waals surface area (Å²) in [4.78, 5) is 6.33. The third-order valence-corrected chi connectivity index (χ3v) is 2.93. The predicted octanol–water partition coefficient (Wildman–Crippen LogP) is 2.90. The van der Waals surface area contributed by atoms with Crippen LogP contribution in [0.5, 0.6) is 0 Å². The molecule has 0 saturated carbocycles. The number of benzene rings is 1. The summed E-state index contributed by atoms with van der Waals surface area (Å²) in [6.45, 7) is 2.89. The molecule has 2 rings (SSSR count). The first-order valence-electron chi connectivity index (χ1n) is 5.82. The summed E-state index contributed by atoms with van der Waals surface area (Å²) < 4.78 is 0. The molecule has 0 spiro atoms. The summed E-state index contributed by atoms with van der Waals surface area (Å²) in [5, 5.41) is 8.88. The van der Waals surface area contributed by atoms with Gasteiger partial charge in [-0.2, -0.15) is 5.26 Å². The summed E-state index contributed by atoms with van der Waals surface area (Å²) in [6.07, 6.45) is 1.67. The largest absolute Gasteiger partial charge is 0.355 e. The standard InChI is InChI=1S/C15H15N3/c1-12-5-3-4-6-14(12)11-18(2)15-9-13(10-16)7-8-17-15/h3-9H,11H2,1-2H3. The Balaban J connectivity index is 2.20. The number of nitrogens with zero attached hydrogens (tertiary/aromatic N) is 3. The molecule has 0 bridgehead atoms. The number of pyridine rings is 1. The Kier molecular flexibility index (Phi) is 3.59. The van der Waals surface area contributed by atoms with Gasteiger partial charge < -0.3 is 4.90 Å². The molecule has 0 aliphatic carbocycles. The Morgan fingerprint density at radius 1 is 1.28 bits per heavy atom. The van der Waals surface area contributed by atoms with Gasteiger partial charge in [-0.15, -0.1) is 0 Å². The number of hydrogen-bond donors (Lipinski definition) is 0. The molecule has 2 aromatic rings. The fraction of sp³-hybridized carbons (Fsp3) is 0.200. The van der Waals surface area contributed by atoms with Crippen LogP contribution in [0.15, 0.2) is 42.6 Å². The van der Waals surface area contributed by atoms with Crippen molar-refractivity contribution in [3.05, 3.63) is 59.3 Å². The Morgan fingerprint density at radius 3 is 2.78 bits per heavy atom. The van der Waals surface area contributed by atoms with Crippen LogP contribution in [0.4, 0.5) is 5.82 Å². The molecule has 0 saturated heterocycles. The molecular weight excluding hydrogens is 222 g/mol. The minimum Gasteiger partial charge on any atom is -0.355 e. The highest BCUT2D eigenvalue weighted by molar-refractivity contribution is 5.45. The SMILES string of the molecule is Cc1ccccc1CN(C)c1cc(C#N)ccn1. The average Bonchev–Trinajstić information content (AvgIpc) is 2.41. The maximum absolute atomic E-state index is 8.88. The summed E-state index contributed by atoms with van der Waals surface area (Å²) >= 11 is 0. The monoisotopic (exact) mass is 237 g/mol. The minimum absolute atomic E-state index is 0.636. The van der Waals surface area contributed by atoms with E-state index in [4.69, 9.17) is 5.26 Å². The van der Waals surface area contributed by atoms with Crippen molar-refractivity contribution >= 4 is 5.82 Å². The smallest absolute Gasteiger partial charge is 0.129 e. The van der Waals surface area contributed by atoms with Gasteiger partial charge in [0.15, 0.2) is 0 Å². The van der Waals surface area contributed by atoms with Gasteiger partial charge in [0.2, 0.25) is 0 Å². The van der Waals surface area contributed by atoms with Gasteiger partial charge in [-0.3, -0.25) is 0 Å². The van der Waals surface area contributed by atoms with Crippen LogP contribution in [0.2, 0.25) is 0 Å². The van der Waals surface area contributed by atoms with E-state index in [-0.39, 0.29) is 0 Å².